The van der Waals surface area contributed by atoms with Crippen LogP contribution in [0.1, 0.15) is 34.1 Å². The number of urea groups is 1. The topological polar surface area (TPSA) is 116 Å². The molecule has 0 radical (unpaired) electrons. The molecule has 1 fully saturated rings. The highest BCUT2D eigenvalue weighted by Gasteiger charge is 2.47. The van der Waals surface area contributed by atoms with Crippen molar-refractivity contribution in [1.29, 1.82) is 0 Å². The Morgan fingerprint density at radius 1 is 1.38 bits per heavy atom. The third-order valence-corrected chi connectivity index (χ3v) is 3.60. The maximum absolute atomic E-state index is 12.1. The van der Waals surface area contributed by atoms with Gasteiger partial charge in [-0.3, -0.25) is 14.5 Å². The van der Waals surface area contributed by atoms with Gasteiger partial charge in [0.15, 0.2) is 0 Å². The van der Waals surface area contributed by atoms with E-state index in [0.717, 1.165) is 4.90 Å². The highest BCUT2D eigenvalue weighted by atomic mass is 16.4. The molecule has 0 bridgehead atoms. The zero-order valence-electron chi connectivity index (χ0n) is 12.6. The fourth-order valence-corrected chi connectivity index (χ4v) is 2.01. The van der Waals surface area contributed by atoms with Gasteiger partial charge in [-0.1, -0.05) is 20.8 Å². The van der Waals surface area contributed by atoms with E-state index in [1.54, 1.807) is 27.7 Å². The molecule has 0 spiro atoms. The third kappa shape index (κ3) is 3.50. The zero-order valence-corrected chi connectivity index (χ0v) is 12.6. The standard InChI is InChI=1S/C13H21N3O5/c1-5-13(4)11(20)16(12(21)15-13)6-8(17)14-9(7(2)3)10(18)19/h7,9H,5-6H2,1-4H3,(H,14,17)(H,15,21)(H,18,19)/t9-,13?/m1/s1. The molecule has 4 amide bonds. The molecule has 1 aliphatic heterocycles. The van der Waals surface area contributed by atoms with Crippen LogP contribution in [0, 0.1) is 5.92 Å². The fraction of sp³-hybridized carbons (Fsp3) is 0.692. The van der Waals surface area contributed by atoms with Crippen LogP contribution in [0.15, 0.2) is 0 Å². The molecular formula is C13H21N3O5. The van der Waals surface area contributed by atoms with E-state index in [1.807, 2.05) is 0 Å². The van der Waals surface area contributed by atoms with Crippen molar-refractivity contribution in [3.8, 4) is 0 Å². The number of carboxylic acids is 1. The van der Waals surface area contributed by atoms with Gasteiger partial charge in [-0.25, -0.2) is 9.59 Å². The van der Waals surface area contributed by atoms with Crippen molar-refractivity contribution in [3.05, 3.63) is 0 Å². The van der Waals surface area contributed by atoms with Gasteiger partial charge in [-0.05, 0) is 19.3 Å². The molecule has 1 heterocycles. The van der Waals surface area contributed by atoms with Crippen LogP contribution in [0.2, 0.25) is 0 Å². The van der Waals surface area contributed by atoms with Gasteiger partial charge in [0.2, 0.25) is 5.91 Å². The van der Waals surface area contributed by atoms with E-state index in [9.17, 15) is 19.2 Å². The molecule has 0 aromatic carbocycles. The summed E-state index contributed by atoms with van der Waals surface area (Å²) in [7, 11) is 0. The van der Waals surface area contributed by atoms with Gasteiger partial charge in [0.05, 0.1) is 0 Å². The van der Waals surface area contributed by atoms with Crippen LogP contribution in [-0.4, -0.2) is 51.9 Å². The Morgan fingerprint density at radius 2 is 1.95 bits per heavy atom. The molecule has 21 heavy (non-hydrogen) atoms. The predicted molar refractivity (Wildman–Crippen MR) is 73.3 cm³/mol. The van der Waals surface area contributed by atoms with Crippen LogP contribution in [0.25, 0.3) is 0 Å². The van der Waals surface area contributed by atoms with E-state index in [0.29, 0.717) is 6.42 Å². The van der Waals surface area contributed by atoms with E-state index in [-0.39, 0.29) is 5.92 Å². The minimum absolute atomic E-state index is 0.310. The van der Waals surface area contributed by atoms with Crippen LogP contribution in [0.4, 0.5) is 4.79 Å². The molecule has 2 atom stereocenters. The molecular weight excluding hydrogens is 278 g/mol. The Hall–Kier alpha value is -2.12. The summed E-state index contributed by atoms with van der Waals surface area (Å²) >= 11 is 0. The molecule has 0 aromatic heterocycles. The first-order chi connectivity index (χ1) is 9.62. The SMILES string of the molecule is CCC1(C)NC(=O)N(CC(=O)N[C@@H](C(=O)O)C(C)C)C1=O. The van der Waals surface area contributed by atoms with Gasteiger partial charge in [-0.15, -0.1) is 0 Å². The first kappa shape index (κ1) is 16.9. The molecule has 3 N–H and O–H groups in total. The number of hydrogen-bond donors (Lipinski definition) is 3. The van der Waals surface area contributed by atoms with Crippen molar-refractivity contribution in [2.24, 2.45) is 5.92 Å². The number of imide groups is 1. The largest absolute Gasteiger partial charge is 0.480 e. The molecule has 8 heteroatoms. The molecule has 1 saturated heterocycles. The second-order valence-corrected chi connectivity index (χ2v) is 5.63. The third-order valence-electron chi connectivity index (χ3n) is 3.60. The summed E-state index contributed by atoms with van der Waals surface area (Å²) in [5.74, 6) is -2.63. The molecule has 0 aliphatic carbocycles. The van der Waals surface area contributed by atoms with Gasteiger partial charge in [-0.2, -0.15) is 0 Å². The Morgan fingerprint density at radius 3 is 2.33 bits per heavy atom. The van der Waals surface area contributed by atoms with Crippen molar-refractivity contribution in [1.82, 2.24) is 15.5 Å². The monoisotopic (exact) mass is 299 g/mol. The molecule has 8 nitrogen and oxygen atoms in total. The van der Waals surface area contributed by atoms with Crippen molar-refractivity contribution in [2.45, 2.75) is 45.7 Å². The first-order valence-corrected chi connectivity index (χ1v) is 6.78. The maximum atomic E-state index is 12.1. The Balaban J connectivity index is 2.73. The van der Waals surface area contributed by atoms with Crippen molar-refractivity contribution in [2.75, 3.05) is 6.54 Å². The lowest BCUT2D eigenvalue weighted by Gasteiger charge is -2.21. The number of amides is 4. The van der Waals surface area contributed by atoms with E-state index >= 15 is 0 Å². The van der Waals surface area contributed by atoms with E-state index < -0.39 is 41.9 Å². The molecule has 1 unspecified atom stereocenters. The average molecular weight is 299 g/mol. The highest BCUT2D eigenvalue weighted by molar-refractivity contribution is 6.08. The molecule has 0 saturated carbocycles. The normalized spacial score (nSPS) is 23.2. The van der Waals surface area contributed by atoms with Crippen LogP contribution >= 0.6 is 0 Å². The summed E-state index contributed by atoms with van der Waals surface area (Å²) in [6, 6.07) is -1.70. The number of carboxylic acid groups (broad SMARTS) is 1. The fourth-order valence-electron chi connectivity index (χ4n) is 2.01. The van der Waals surface area contributed by atoms with Gasteiger partial charge < -0.3 is 15.7 Å². The van der Waals surface area contributed by atoms with E-state index in [1.165, 1.54) is 0 Å². The Labute approximate surface area is 122 Å². The minimum atomic E-state index is -1.16. The number of nitrogens with one attached hydrogen (secondary N) is 2. The van der Waals surface area contributed by atoms with Crippen LogP contribution in [0.5, 0.6) is 0 Å². The Kier molecular flexibility index (Phi) is 4.93. The average Bonchev–Trinajstić information content (AvgIpc) is 2.59. The number of nitrogens with zero attached hydrogens (tertiary/aromatic N) is 1. The summed E-state index contributed by atoms with van der Waals surface area (Å²) in [5, 5.41) is 13.8. The summed E-state index contributed by atoms with van der Waals surface area (Å²) in [6.07, 6.45) is 0.402. The second kappa shape index (κ2) is 6.11. The summed E-state index contributed by atoms with van der Waals surface area (Å²) < 4.78 is 0. The van der Waals surface area contributed by atoms with Crippen molar-refractivity contribution >= 4 is 23.8 Å². The summed E-state index contributed by atoms with van der Waals surface area (Å²) in [4.78, 5) is 47.5. The van der Waals surface area contributed by atoms with Crippen molar-refractivity contribution in [3.63, 3.8) is 0 Å². The lowest BCUT2D eigenvalue weighted by Crippen LogP contribution is -2.49. The zero-order chi connectivity index (χ0) is 16.4. The predicted octanol–water partition coefficient (Wildman–Crippen LogP) is -0.0677. The van der Waals surface area contributed by atoms with Crippen molar-refractivity contribution < 1.29 is 24.3 Å². The molecule has 118 valence electrons. The number of carbonyl (C=O) groups excluding carboxylic acids is 3. The smallest absolute Gasteiger partial charge is 0.326 e. The van der Waals surface area contributed by atoms with Gasteiger partial charge in [0.25, 0.3) is 5.91 Å². The van der Waals surface area contributed by atoms with Gasteiger partial charge >= 0.3 is 12.0 Å². The molecule has 1 rings (SSSR count). The summed E-state index contributed by atoms with van der Waals surface area (Å²) in [5.41, 5.74) is -1.01. The number of rotatable bonds is 6. The first-order valence-electron chi connectivity index (χ1n) is 6.78. The maximum Gasteiger partial charge on any atom is 0.326 e. The van der Waals surface area contributed by atoms with Crippen LogP contribution < -0.4 is 10.6 Å². The highest BCUT2D eigenvalue weighted by Crippen LogP contribution is 2.20. The second-order valence-electron chi connectivity index (χ2n) is 5.63. The molecule has 0 aromatic rings. The van der Waals surface area contributed by atoms with Crippen LogP contribution in [-0.2, 0) is 14.4 Å². The van der Waals surface area contributed by atoms with E-state index in [4.69, 9.17) is 5.11 Å². The van der Waals surface area contributed by atoms with Gasteiger partial charge in [0, 0.05) is 0 Å². The molecule has 1 aliphatic rings. The van der Waals surface area contributed by atoms with Gasteiger partial charge in [0.1, 0.15) is 18.1 Å². The lowest BCUT2D eigenvalue weighted by molar-refractivity contribution is -0.143. The Bertz CT molecular complexity index is 476. The lowest BCUT2D eigenvalue weighted by atomic mass is 9.99. The number of carbonyl (C=O) groups is 4. The summed E-state index contributed by atoms with van der Waals surface area (Å²) in [6.45, 7) is 6.15. The minimum Gasteiger partial charge on any atom is -0.480 e. The van der Waals surface area contributed by atoms with E-state index in [2.05, 4.69) is 10.6 Å². The number of aliphatic carboxylic acids is 1. The quantitative estimate of drug-likeness (QED) is 0.594. The van der Waals surface area contributed by atoms with Crippen LogP contribution in [0.3, 0.4) is 0 Å². The number of hydrogen-bond acceptors (Lipinski definition) is 4.